The van der Waals surface area contributed by atoms with E-state index in [-0.39, 0.29) is 12.8 Å². The van der Waals surface area contributed by atoms with Gasteiger partial charge in [0.05, 0.1) is 6.10 Å². The summed E-state index contributed by atoms with van der Waals surface area (Å²) in [7, 11) is 0. The summed E-state index contributed by atoms with van der Waals surface area (Å²) in [5.41, 5.74) is 1.28. The van der Waals surface area contributed by atoms with Gasteiger partial charge in [-0.2, -0.15) is 0 Å². The van der Waals surface area contributed by atoms with Crippen LogP contribution in [0.4, 0.5) is 0 Å². The fourth-order valence-corrected chi connectivity index (χ4v) is 1.81. The molecule has 2 N–H and O–H groups in total. The van der Waals surface area contributed by atoms with Crippen molar-refractivity contribution in [2.45, 2.75) is 32.5 Å². The average Bonchev–Trinajstić information content (AvgIpc) is 2.75. The Kier molecular flexibility index (Phi) is 6.55. The van der Waals surface area contributed by atoms with Gasteiger partial charge in [0.2, 0.25) is 0 Å². The van der Waals surface area contributed by atoms with Crippen molar-refractivity contribution in [2.75, 3.05) is 0 Å². The number of benzene rings is 1. The van der Waals surface area contributed by atoms with Gasteiger partial charge in [-0.05, 0) is 31.0 Å². The molecule has 6 nitrogen and oxygen atoms in total. The van der Waals surface area contributed by atoms with Crippen molar-refractivity contribution in [2.24, 2.45) is 5.92 Å². The molecule has 1 aromatic carbocycles. The number of carboxylic acids is 1. The molecule has 1 heterocycles. The first-order valence-corrected chi connectivity index (χ1v) is 6.50. The van der Waals surface area contributed by atoms with E-state index in [1.165, 1.54) is 5.56 Å². The van der Waals surface area contributed by atoms with Gasteiger partial charge in [0, 0.05) is 6.42 Å². The third kappa shape index (κ3) is 5.74. The van der Waals surface area contributed by atoms with E-state index in [1.807, 2.05) is 12.1 Å². The van der Waals surface area contributed by atoms with Gasteiger partial charge in [-0.1, -0.05) is 12.1 Å². The Bertz CT molecular complexity index is 477. The van der Waals surface area contributed by atoms with Crippen LogP contribution in [0.15, 0.2) is 24.3 Å². The number of aliphatic carboxylic acids is 1. The SMILES string of the molecule is CC(=O)C(C[C@H](O)CC=O)C(=O)O.c1cc2cc(c1)OC2. The van der Waals surface area contributed by atoms with E-state index < -0.39 is 23.8 Å². The number of hydrogen-bond donors (Lipinski definition) is 2. The molecule has 0 saturated carbocycles. The summed E-state index contributed by atoms with van der Waals surface area (Å²) >= 11 is 0. The number of carbonyl (C=O) groups is 3. The molecular weight excluding hydrogens is 276 g/mol. The summed E-state index contributed by atoms with van der Waals surface area (Å²) in [5.74, 6) is -1.99. The second kappa shape index (κ2) is 8.16. The molecule has 0 amide bonds. The fourth-order valence-electron chi connectivity index (χ4n) is 1.81. The molecule has 0 aromatic heterocycles. The zero-order chi connectivity index (χ0) is 15.8. The molecule has 0 aliphatic carbocycles. The first-order chi connectivity index (χ1) is 9.93. The number of aliphatic hydroxyl groups is 1. The largest absolute Gasteiger partial charge is 0.489 e. The van der Waals surface area contributed by atoms with E-state index in [1.54, 1.807) is 0 Å². The first kappa shape index (κ1) is 16.8. The predicted molar refractivity (Wildman–Crippen MR) is 73.9 cm³/mol. The molecule has 0 spiro atoms. The number of Topliss-reactive ketones (excluding diaryl/α,β-unsaturated/α-hetero) is 1. The number of aldehydes is 1. The lowest BCUT2D eigenvalue weighted by Gasteiger charge is -2.11. The van der Waals surface area contributed by atoms with Gasteiger partial charge in [0.1, 0.15) is 30.3 Å². The van der Waals surface area contributed by atoms with Gasteiger partial charge in [-0.15, -0.1) is 0 Å². The maximum Gasteiger partial charge on any atom is 0.314 e. The minimum Gasteiger partial charge on any atom is -0.489 e. The maximum absolute atomic E-state index is 10.7. The zero-order valence-corrected chi connectivity index (χ0v) is 11.7. The van der Waals surface area contributed by atoms with Gasteiger partial charge >= 0.3 is 5.97 Å². The van der Waals surface area contributed by atoms with Crippen molar-refractivity contribution in [1.82, 2.24) is 0 Å². The molecular formula is C15H18O6. The van der Waals surface area contributed by atoms with E-state index in [0.717, 1.165) is 19.3 Å². The number of hydrogen-bond acceptors (Lipinski definition) is 5. The van der Waals surface area contributed by atoms with Gasteiger partial charge in [0.25, 0.3) is 0 Å². The van der Waals surface area contributed by atoms with Crippen molar-refractivity contribution < 1.29 is 29.3 Å². The van der Waals surface area contributed by atoms with Gasteiger partial charge in [-0.3, -0.25) is 9.59 Å². The third-order valence-corrected chi connectivity index (χ3v) is 2.97. The Morgan fingerprint density at radius 3 is 2.62 bits per heavy atom. The average molecular weight is 294 g/mol. The number of carboxylic acid groups (broad SMARTS) is 1. The molecule has 2 atom stereocenters. The van der Waals surface area contributed by atoms with Crippen molar-refractivity contribution in [1.29, 1.82) is 0 Å². The molecule has 114 valence electrons. The lowest BCUT2D eigenvalue weighted by Crippen LogP contribution is -2.26. The van der Waals surface area contributed by atoms with Crippen LogP contribution in [0.2, 0.25) is 0 Å². The van der Waals surface area contributed by atoms with Crippen molar-refractivity contribution in [3.05, 3.63) is 29.8 Å². The fraction of sp³-hybridized carbons (Fsp3) is 0.400. The molecule has 1 aromatic rings. The van der Waals surface area contributed by atoms with E-state index in [2.05, 4.69) is 12.1 Å². The minimum atomic E-state index is -1.27. The van der Waals surface area contributed by atoms with Gasteiger partial charge in [0.15, 0.2) is 0 Å². The van der Waals surface area contributed by atoms with Crippen LogP contribution in [0, 0.1) is 5.92 Å². The van der Waals surface area contributed by atoms with Crippen LogP contribution in [0.25, 0.3) is 0 Å². The zero-order valence-electron chi connectivity index (χ0n) is 11.7. The molecule has 1 aliphatic rings. The maximum atomic E-state index is 10.7. The second-order valence-corrected chi connectivity index (χ2v) is 4.73. The van der Waals surface area contributed by atoms with Crippen LogP contribution in [0.1, 0.15) is 25.3 Å². The second-order valence-electron chi connectivity index (χ2n) is 4.73. The molecule has 21 heavy (non-hydrogen) atoms. The van der Waals surface area contributed by atoms with Crippen LogP contribution in [-0.4, -0.2) is 34.4 Å². The van der Waals surface area contributed by atoms with Crippen LogP contribution >= 0.6 is 0 Å². The van der Waals surface area contributed by atoms with Crippen LogP contribution in [0.5, 0.6) is 5.75 Å². The topological polar surface area (TPSA) is 101 Å². The third-order valence-electron chi connectivity index (χ3n) is 2.97. The number of ketones is 1. The predicted octanol–water partition coefficient (Wildman–Crippen LogP) is 1.20. The summed E-state index contributed by atoms with van der Waals surface area (Å²) in [4.78, 5) is 31.1. The molecule has 1 unspecified atom stereocenters. The Balaban J connectivity index is 0.000000230. The summed E-state index contributed by atoms with van der Waals surface area (Å²) in [5, 5.41) is 17.6. The molecule has 1 aliphatic heterocycles. The molecule has 2 bridgehead atoms. The Morgan fingerprint density at radius 1 is 1.43 bits per heavy atom. The standard InChI is InChI=1S/C8H12O5.C7H6O/c1-5(10)7(8(12)13)4-6(11)2-3-9;1-2-6-4-7(3-1)8-5-6/h3,6-7,11H,2,4H2,1H3,(H,12,13);1-4H,5H2/t6-,7?;/m1./s1. The minimum absolute atomic E-state index is 0.142. The van der Waals surface area contributed by atoms with E-state index >= 15 is 0 Å². The van der Waals surface area contributed by atoms with Gasteiger partial charge < -0.3 is 19.7 Å². The highest BCUT2D eigenvalue weighted by Crippen LogP contribution is 2.20. The molecule has 2 rings (SSSR count). The highest BCUT2D eigenvalue weighted by molar-refractivity contribution is 5.96. The molecule has 0 saturated heterocycles. The van der Waals surface area contributed by atoms with Crippen LogP contribution < -0.4 is 4.74 Å². The number of carbonyl (C=O) groups excluding carboxylic acids is 2. The smallest absolute Gasteiger partial charge is 0.314 e. The highest BCUT2D eigenvalue weighted by atomic mass is 16.5. The molecule has 6 heteroatoms. The van der Waals surface area contributed by atoms with Gasteiger partial charge in [-0.25, -0.2) is 0 Å². The number of ether oxygens (including phenoxy) is 1. The number of fused-ring (bicyclic) bond motifs is 2. The Morgan fingerprint density at radius 2 is 2.14 bits per heavy atom. The first-order valence-electron chi connectivity index (χ1n) is 6.50. The Hall–Kier alpha value is -2.21. The van der Waals surface area contributed by atoms with E-state index in [4.69, 9.17) is 14.9 Å². The summed E-state index contributed by atoms with van der Waals surface area (Å²) < 4.78 is 5.18. The van der Waals surface area contributed by atoms with Crippen LogP contribution in [-0.2, 0) is 21.0 Å². The Labute approximate surface area is 122 Å². The number of rotatable bonds is 6. The molecule has 0 radical (unpaired) electrons. The summed E-state index contributed by atoms with van der Waals surface area (Å²) in [6, 6.07) is 8.10. The van der Waals surface area contributed by atoms with E-state index in [0.29, 0.717) is 6.29 Å². The lowest BCUT2D eigenvalue weighted by molar-refractivity contribution is -0.147. The number of aliphatic hydroxyl groups excluding tert-OH is 1. The normalized spacial score (nSPS) is 14.2. The van der Waals surface area contributed by atoms with Crippen molar-refractivity contribution >= 4 is 18.0 Å². The summed E-state index contributed by atoms with van der Waals surface area (Å²) in [6.07, 6.45) is -0.910. The highest BCUT2D eigenvalue weighted by Gasteiger charge is 2.25. The van der Waals surface area contributed by atoms with E-state index in [9.17, 15) is 14.4 Å². The molecule has 0 fully saturated rings. The van der Waals surface area contributed by atoms with Crippen LogP contribution in [0.3, 0.4) is 0 Å². The quantitative estimate of drug-likeness (QED) is 0.604. The lowest BCUT2D eigenvalue weighted by atomic mass is 9.97. The van der Waals surface area contributed by atoms with Crippen molar-refractivity contribution in [3.63, 3.8) is 0 Å². The summed E-state index contributed by atoms with van der Waals surface area (Å²) in [6.45, 7) is 1.91. The monoisotopic (exact) mass is 294 g/mol. The van der Waals surface area contributed by atoms with Crippen molar-refractivity contribution in [3.8, 4) is 5.75 Å².